The Morgan fingerprint density at radius 2 is 1.25 bits per heavy atom. The lowest BCUT2D eigenvalue weighted by molar-refractivity contribution is -0.123. The molecule has 0 bridgehead atoms. The van der Waals surface area contributed by atoms with Crippen LogP contribution in [0.3, 0.4) is 0 Å². The van der Waals surface area contributed by atoms with Crippen LogP contribution in [0.1, 0.15) is 60.4 Å². The predicted octanol–water partition coefficient (Wildman–Crippen LogP) is 6.76. The lowest BCUT2D eigenvalue weighted by atomic mass is 9.64. The van der Waals surface area contributed by atoms with E-state index >= 15 is 0 Å². The van der Waals surface area contributed by atoms with Gasteiger partial charge in [-0.1, -0.05) is 92.7 Å². The van der Waals surface area contributed by atoms with Crippen LogP contribution in [0.5, 0.6) is 0 Å². The van der Waals surface area contributed by atoms with Crippen LogP contribution in [-0.4, -0.2) is 5.78 Å². The maximum Gasteiger partial charge on any atom is 0.147 e. The second-order valence-electron chi connectivity index (χ2n) is 7.82. The van der Waals surface area contributed by atoms with Gasteiger partial charge in [-0.15, -0.1) is 0 Å². The van der Waals surface area contributed by atoms with Crippen molar-refractivity contribution >= 4 is 5.78 Å². The monoisotopic (exact) mass is 370 g/mol. The molecular formula is C27H30O. The lowest BCUT2D eigenvalue weighted by Crippen LogP contribution is -2.38. The van der Waals surface area contributed by atoms with Crippen LogP contribution in [-0.2, 0) is 10.2 Å². The minimum Gasteiger partial charge on any atom is -0.298 e. The Kier molecular flexibility index (Phi) is 6.14. The summed E-state index contributed by atoms with van der Waals surface area (Å²) in [5, 5.41) is 0. The Morgan fingerprint density at radius 1 is 0.786 bits per heavy atom. The first-order valence-electron chi connectivity index (χ1n) is 10.2. The molecule has 0 spiro atoms. The van der Waals surface area contributed by atoms with E-state index in [1.165, 1.54) is 16.7 Å². The van der Waals surface area contributed by atoms with Gasteiger partial charge >= 0.3 is 0 Å². The third kappa shape index (κ3) is 3.67. The van der Waals surface area contributed by atoms with Crippen molar-refractivity contribution in [3.8, 4) is 0 Å². The average Bonchev–Trinajstić information content (AvgIpc) is 2.72. The van der Waals surface area contributed by atoms with Crippen LogP contribution in [0.15, 0.2) is 78.9 Å². The largest absolute Gasteiger partial charge is 0.298 e. The van der Waals surface area contributed by atoms with Crippen LogP contribution < -0.4 is 0 Å². The summed E-state index contributed by atoms with van der Waals surface area (Å²) in [6.45, 7) is 8.59. The molecule has 3 rings (SSSR count). The molecule has 0 N–H and O–H groups in total. The van der Waals surface area contributed by atoms with Gasteiger partial charge < -0.3 is 0 Å². The zero-order valence-electron chi connectivity index (χ0n) is 17.4. The third-order valence-electron chi connectivity index (χ3n) is 5.98. The number of ketones is 1. The zero-order chi connectivity index (χ0) is 20.1. The average molecular weight is 371 g/mol. The summed E-state index contributed by atoms with van der Waals surface area (Å²) < 4.78 is 0. The van der Waals surface area contributed by atoms with Crippen molar-refractivity contribution in [1.82, 2.24) is 0 Å². The summed E-state index contributed by atoms with van der Waals surface area (Å²) in [6.07, 6.45) is 1.28. The van der Waals surface area contributed by atoms with Gasteiger partial charge in [-0.05, 0) is 54.0 Å². The molecule has 0 aliphatic carbocycles. The molecule has 1 nitrogen and oxygen atoms in total. The van der Waals surface area contributed by atoms with Crippen molar-refractivity contribution in [2.24, 2.45) is 0 Å². The van der Waals surface area contributed by atoms with Crippen LogP contribution in [0.2, 0.25) is 0 Å². The first-order chi connectivity index (χ1) is 13.5. The molecule has 0 fully saturated rings. The summed E-state index contributed by atoms with van der Waals surface area (Å²) in [4.78, 5) is 13.6. The molecule has 0 radical (unpaired) electrons. The number of carbonyl (C=O) groups excluding carboxylic acids is 1. The van der Waals surface area contributed by atoms with Crippen molar-refractivity contribution in [1.29, 1.82) is 0 Å². The molecule has 0 saturated heterocycles. The molecule has 0 heterocycles. The van der Waals surface area contributed by atoms with Crippen molar-refractivity contribution in [2.75, 3.05) is 0 Å². The van der Waals surface area contributed by atoms with E-state index in [4.69, 9.17) is 0 Å². The topological polar surface area (TPSA) is 17.1 Å². The molecule has 1 atom stereocenters. The van der Waals surface area contributed by atoms with Crippen LogP contribution in [0.4, 0.5) is 0 Å². The van der Waals surface area contributed by atoms with Gasteiger partial charge in [0.1, 0.15) is 5.78 Å². The smallest absolute Gasteiger partial charge is 0.147 e. The molecule has 3 aromatic rings. The summed E-state index contributed by atoms with van der Waals surface area (Å²) >= 11 is 0. The molecule has 0 saturated carbocycles. The predicted molar refractivity (Wildman–Crippen MR) is 118 cm³/mol. The van der Waals surface area contributed by atoms with E-state index < -0.39 is 5.41 Å². The van der Waals surface area contributed by atoms with Gasteiger partial charge in [-0.3, -0.25) is 4.79 Å². The quantitative estimate of drug-likeness (QED) is 0.449. The van der Waals surface area contributed by atoms with Gasteiger partial charge in [0.25, 0.3) is 0 Å². The Labute approximate surface area is 169 Å². The van der Waals surface area contributed by atoms with Crippen LogP contribution in [0, 0.1) is 13.8 Å². The van der Waals surface area contributed by atoms with E-state index in [-0.39, 0.29) is 11.7 Å². The van der Waals surface area contributed by atoms with Gasteiger partial charge in [0, 0.05) is 6.42 Å². The number of rotatable bonds is 7. The van der Waals surface area contributed by atoms with E-state index in [9.17, 15) is 4.79 Å². The Morgan fingerprint density at radius 3 is 1.68 bits per heavy atom. The first kappa shape index (κ1) is 20.1. The number of Topliss-reactive ketones (excluding diaryl/α,β-unsaturated/α-hetero) is 1. The van der Waals surface area contributed by atoms with E-state index in [0.29, 0.717) is 6.42 Å². The van der Waals surface area contributed by atoms with E-state index in [1.54, 1.807) is 0 Å². The molecule has 3 aromatic carbocycles. The number of hydrogen-bond acceptors (Lipinski definition) is 1. The fraction of sp³-hybridized carbons (Fsp3) is 0.296. The third-order valence-corrected chi connectivity index (χ3v) is 5.98. The van der Waals surface area contributed by atoms with Gasteiger partial charge in [0.05, 0.1) is 5.41 Å². The molecule has 0 amide bonds. The maximum absolute atomic E-state index is 13.6. The second-order valence-corrected chi connectivity index (χ2v) is 7.82. The zero-order valence-corrected chi connectivity index (χ0v) is 17.4. The molecule has 0 aliphatic heterocycles. The van der Waals surface area contributed by atoms with Crippen molar-refractivity contribution < 1.29 is 4.79 Å². The summed E-state index contributed by atoms with van der Waals surface area (Å²) in [5.74, 6) is 0.542. The molecule has 0 aliphatic rings. The second kappa shape index (κ2) is 8.56. The minimum atomic E-state index is -0.634. The summed E-state index contributed by atoms with van der Waals surface area (Å²) in [6, 6.07) is 27.1. The van der Waals surface area contributed by atoms with Gasteiger partial charge in [0.2, 0.25) is 0 Å². The standard InChI is InChI=1S/C27H30O/c1-5-25(28)27(23-15-8-6-9-16-23,24-17-10-7-11-18-24)19-22(4)26-20(2)13-12-14-21(26)3/h6-18,22H,5,19H2,1-4H3. The molecule has 0 aromatic heterocycles. The molecule has 28 heavy (non-hydrogen) atoms. The first-order valence-corrected chi connectivity index (χ1v) is 10.2. The van der Waals surface area contributed by atoms with Crippen molar-refractivity contribution in [3.05, 3.63) is 107 Å². The van der Waals surface area contributed by atoms with E-state index in [2.05, 4.69) is 63.2 Å². The summed E-state index contributed by atoms with van der Waals surface area (Å²) in [5.41, 5.74) is 5.50. The van der Waals surface area contributed by atoms with Gasteiger partial charge in [0.15, 0.2) is 0 Å². The van der Waals surface area contributed by atoms with Crippen LogP contribution >= 0.6 is 0 Å². The number of hydrogen-bond donors (Lipinski definition) is 0. The van der Waals surface area contributed by atoms with Crippen molar-refractivity contribution in [3.63, 3.8) is 0 Å². The number of carbonyl (C=O) groups is 1. The highest BCUT2D eigenvalue weighted by atomic mass is 16.1. The fourth-order valence-corrected chi connectivity index (χ4v) is 4.75. The minimum absolute atomic E-state index is 0.261. The molecule has 1 heteroatoms. The van der Waals surface area contributed by atoms with Crippen molar-refractivity contribution in [2.45, 2.75) is 51.9 Å². The van der Waals surface area contributed by atoms with Gasteiger partial charge in [-0.2, -0.15) is 0 Å². The Hall–Kier alpha value is -2.67. The van der Waals surface area contributed by atoms with Gasteiger partial charge in [-0.25, -0.2) is 0 Å². The van der Waals surface area contributed by atoms with E-state index in [1.807, 2.05) is 43.3 Å². The lowest BCUT2D eigenvalue weighted by Gasteiger charge is -2.36. The SMILES string of the molecule is CCC(=O)C(CC(C)c1c(C)cccc1C)(c1ccccc1)c1ccccc1. The Bertz CT molecular complexity index is 865. The van der Waals surface area contributed by atoms with Crippen LogP contribution in [0.25, 0.3) is 0 Å². The highest BCUT2D eigenvalue weighted by Gasteiger charge is 2.42. The normalized spacial score (nSPS) is 12.6. The number of benzene rings is 3. The molecule has 144 valence electrons. The van der Waals surface area contributed by atoms with E-state index in [0.717, 1.165) is 17.5 Å². The maximum atomic E-state index is 13.6. The fourth-order valence-electron chi connectivity index (χ4n) is 4.75. The molecule has 1 unspecified atom stereocenters. The molecular weight excluding hydrogens is 340 g/mol. The summed E-state index contributed by atoms with van der Waals surface area (Å²) in [7, 11) is 0. The highest BCUT2D eigenvalue weighted by molar-refractivity contribution is 5.93. The Balaban J connectivity index is 2.20. The number of aryl methyl sites for hydroxylation is 2. The highest BCUT2D eigenvalue weighted by Crippen LogP contribution is 2.43.